The summed E-state index contributed by atoms with van der Waals surface area (Å²) in [7, 11) is 0. The van der Waals surface area contributed by atoms with Crippen molar-refractivity contribution in [3.8, 4) is 34.0 Å². The maximum atomic E-state index is 5.88. The molecule has 0 aliphatic rings. The van der Waals surface area contributed by atoms with Gasteiger partial charge in [0.05, 0.1) is 0 Å². The molecule has 1 aromatic heterocycles. The summed E-state index contributed by atoms with van der Waals surface area (Å²) in [5, 5.41) is 8.41. The van der Waals surface area contributed by atoms with Crippen molar-refractivity contribution in [3.63, 3.8) is 0 Å². The van der Waals surface area contributed by atoms with Gasteiger partial charge in [-0.3, -0.25) is 0 Å². The molecule has 0 amide bonds. The van der Waals surface area contributed by atoms with E-state index in [1.54, 1.807) is 0 Å². The van der Waals surface area contributed by atoms with Gasteiger partial charge in [-0.05, 0) is 52.9 Å². The molecule has 3 nitrogen and oxygen atoms in total. The molecule has 0 radical (unpaired) electrons. The van der Waals surface area contributed by atoms with E-state index >= 15 is 0 Å². The van der Waals surface area contributed by atoms with Gasteiger partial charge in [0.25, 0.3) is 0 Å². The molecule has 5 rings (SSSR count). The molecule has 5 aromatic rings. The van der Waals surface area contributed by atoms with Crippen molar-refractivity contribution < 1.29 is 4.42 Å². The summed E-state index contributed by atoms with van der Waals surface area (Å²) < 4.78 is 5.88. The van der Waals surface area contributed by atoms with Crippen LogP contribution in [-0.2, 0) is 6.42 Å². The van der Waals surface area contributed by atoms with Crippen molar-refractivity contribution in [2.24, 2.45) is 0 Å². The average molecular weight is 388 g/mol. The molecule has 0 spiro atoms. The van der Waals surface area contributed by atoms with Gasteiger partial charge >= 0.3 is 0 Å². The minimum Gasteiger partial charge on any atom is -0.416 e. The highest BCUT2D eigenvalue weighted by atomic mass is 16.4. The molecule has 0 saturated heterocycles. The van der Waals surface area contributed by atoms with Gasteiger partial charge in [0.1, 0.15) is 0 Å². The topological polar surface area (TPSA) is 38.9 Å². The molecule has 144 valence electrons. The van der Waals surface area contributed by atoms with Gasteiger partial charge in [0, 0.05) is 11.1 Å². The second-order valence-electron chi connectivity index (χ2n) is 7.18. The maximum Gasteiger partial charge on any atom is 0.248 e. The fourth-order valence-corrected chi connectivity index (χ4v) is 3.60. The Morgan fingerprint density at radius 1 is 0.500 bits per heavy atom. The Hall–Kier alpha value is -3.98. The first-order valence-electron chi connectivity index (χ1n) is 9.98. The highest BCUT2D eigenvalue weighted by molar-refractivity contribution is 5.71. The molecule has 30 heavy (non-hydrogen) atoms. The zero-order valence-corrected chi connectivity index (χ0v) is 16.4. The molecule has 0 aliphatic carbocycles. The Labute approximate surface area is 175 Å². The molecular formula is C27H20N2O. The third-order valence-corrected chi connectivity index (χ3v) is 5.14. The Balaban J connectivity index is 1.42. The summed E-state index contributed by atoms with van der Waals surface area (Å²) in [6.07, 6.45) is 0.906. The van der Waals surface area contributed by atoms with E-state index in [0.717, 1.165) is 17.5 Å². The first-order valence-corrected chi connectivity index (χ1v) is 9.98. The van der Waals surface area contributed by atoms with E-state index in [0.29, 0.717) is 11.8 Å². The lowest BCUT2D eigenvalue weighted by Gasteiger charge is -2.10. The molecule has 1 heterocycles. The van der Waals surface area contributed by atoms with Gasteiger partial charge in [-0.1, -0.05) is 84.9 Å². The Morgan fingerprint density at radius 2 is 1.03 bits per heavy atom. The minimum absolute atomic E-state index is 0.526. The van der Waals surface area contributed by atoms with Gasteiger partial charge in [0.15, 0.2) is 0 Å². The largest absolute Gasteiger partial charge is 0.416 e. The monoisotopic (exact) mass is 388 g/mol. The first kappa shape index (κ1) is 18.1. The van der Waals surface area contributed by atoms with Gasteiger partial charge in [-0.25, -0.2) is 0 Å². The summed E-state index contributed by atoms with van der Waals surface area (Å²) in [5.74, 6) is 1.06. The molecule has 0 saturated carbocycles. The van der Waals surface area contributed by atoms with Crippen molar-refractivity contribution in [3.05, 3.63) is 120 Å². The van der Waals surface area contributed by atoms with Crippen LogP contribution in [-0.4, -0.2) is 10.2 Å². The summed E-state index contributed by atoms with van der Waals surface area (Å²) >= 11 is 0. The SMILES string of the molecule is c1ccc(Cc2ccccc2-c2ccc(-c3nnc(-c4ccccc4)o3)cc2)cc1. The summed E-state index contributed by atoms with van der Waals surface area (Å²) in [5.41, 5.74) is 6.86. The lowest BCUT2D eigenvalue weighted by molar-refractivity contribution is 0.584. The second-order valence-corrected chi connectivity index (χ2v) is 7.18. The van der Waals surface area contributed by atoms with Crippen LogP contribution in [0.25, 0.3) is 34.0 Å². The molecule has 0 aliphatic heterocycles. The van der Waals surface area contributed by atoms with Crippen LogP contribution in [0.15, 0.2) is 114 Å². The van der Waals surface area contributed by atoms with Crippen molar-refractivity contribution in [2.45, 2.75) is 6.42 Å². The van der Waals surface area contributed by atoms with Crippen LogP contribution in [0.4, 0.5) is 0 Å². The van der Waals surface area contributed by atoms with Crippen LogP contribution in [0.2, 0.25) is 0 Å². The number of hydrogen-bond donors (Lipinski definition) is 0. The van der Waals surface area contributed by atoms with Crippen LogP contribution in [0.1, 0.15) is 11.1 Å². The molecule has 0 bridgehead atoms. The van der Waals surface area contributed by atoms with Crippen molar-refractivity contribution in [1.29, 1.82) is 0 Å². The zero-order valence-electron chi connectivity index (χ0n) is 16.4. The highest BCUT2D eigenvalue weighted by Gasteiger charge is 2.11. The third-order valence-electron chi connectivity index (χ3n) is 5.14. The van der Waals surface area contributed by atoms with Gasteiger partial charge in [-0.15, -0.1) is 10.2 Å². The lowest BCUT2D eigenvalue weighted by Crippen LogP contribution is -1.92. The van der Waals surface area contributed by atoms with Crippen molar-refractivity contribution >= 4 is 0 Å². The molecular weight excluding hydrogens is 368 g/mol. The van der Waals surface area contributed by atoms with Gasteiger partial charge in [0.2, 0.25) is 11.8 Å². The third kappa shape index (κ3) is 3.78. The normalized spacial score (nSPS) is 10.8. The Kier molecular flexibility index (Phi) is 4.93. The van der Waals surface area contributed by atoms with Gasteiger partial charge in [-0.2, -0.15) is 0 Å². The van der Waals surface area contributed by atoms with E-state index in [-0.39, 0.29) is 0 Å². The van der Waals surface area contributed by atoms with Crippen molar-refractivity contribution in [1.82, 2.24) is 10.2 Å². The summed E-state index contributed by atoms with van der Waals surface area (Å²) in [4.78, 5) is 0. The zero-order chi connectivity index (χ0) is 20.2. The summed E-state index contributed by atoms with van der Waals surface area (Å²) in [6, 6.07) is 37.2. The second kappa shape index (κ2) is 8.18. The number of aromatic nitrogens is 2. The van der Waals surface area contributed by atoms with Crippen LogP contribution in [0.3, 0.4) is 0 Å². The molecule has 0 unspecified atom stereocenters. The van der Waals surface area contributed by atoms with E-state index in [4.69, 9.17) is 4.42 Å². The lowest BCUT2D eigenvalue weighted by atomic mass is 9.94. The van der Waals surface area contributed by atoms with Crippen LogP contribution >= 0.6 is 0 Å². The van der Waals surface area contributed by atoms with E-state index in [1.807, 2.05) is 42.5 Å². The molecule has 4 aromatic carbocycles. The fourth-order valence-electron chi connectivity index (χ4n) is 3.60. The Bertz CT molecular complexity index is 1240. The maximum absolute atomic E-state index is 5.88. The number of benzene rings is 4. The van der Waals surface area contributed by atoms with E-state index in [2.05, 4.69) is 76.9 Å². The smallest absolute Gasteiger partial charge is 0.248 e. The number of hydrogen-bond acceptors (Lipinski definition) is 3. The van der Waals surface area contributed by atoms with E-state index in [1.165, 1.54) is 22.3 Å². The molecule has 0 fully saturated rings. The minimum atomic E-state index is 0.526. The number of nitrogens with zero attached hydrogens (tertiary/aromatic N) is 2. The van der Waals surface area contributed by atoms with Gasteiger partial charge < -0.3 is 4.42 Å². The van der Waals surface area contributed by atoms with E-state index in [9.17, 15) is 0 Å². The first-order chi connectivity index (χ1) is 14.9. The van der Waals surface area contributed by atoms with Crippen LogP contribution in [0.5, 0.6) is 0 Å². The predicted octanol–water partition coefficient (Wildman–Crippen LogP) is 6.66. The van der Waals surface area contributed by atoms with Crippen molar-refractivity contribution in [2.75, 3.05) is 0 Å². The average Bonchev–Trinajstić information content (AvgIpc) is 3.31. The number of rotatable bonds is 5. The summed E-state index contributed by atoms with van der Waals surface area (Å²) in [6.45, 7) is 0. The van der Waals surface area contributed by atoms with Crippen LogP contribution < -0.4 is 0 Å². The highest BCUT2D eigenvalue weighted by Crippen LogP contribution is 2.29. The molecule has 3 heteroatoms. The van der Waals surface area contributed by atoms with E-state index < -0.39 is 0 Å². The standard InChI is InChI=1S/C27H20N2O/c1-3-9-20(10-4-1)19-24-13-7-8-14-25(24)21-15-17-23(18-16-21)27-29-28-26(30-27)22-11-5-2-6-12-22/h1-18H,19H2. The molecule has 0 atom stereocenters. The van der Waals surface area contributed by atoms with Crippen LogP contribution in [0, 0.1) is 0 Å². The molecule has 0 N–H and O–H groups in total. The Morgan fingerprint density at radius 3 is 1.73 bits per heavy atom. The fraction of sp³-hybridized carbons (Fsp3) is 0.0370. The predicted molar refractivity (Wildman–Crippen MR) is 120 cm³/mol. The quantitative estimate of drug-likeness (QED) is 0.338.